The minimum Gasteiger partial charge on any atom is -0.485 e. The van der Waals surface area contributed by atoms with Crippen molar-refractivity contribution < 1.29 is 36.3 Å². The number of ether oxygens (including phenoxy) is 1. The van der Waals surface area contributed by atoms with E-state index in [-0.39, 0.29) is 17.1 Å². The van der Waals surface area contributed by atoms with Gasteiger partial charge in [0.1, 0.15) is 6.61 Å². The summed E-state index contributed by atoms with van der Waals surface area (Å²) in [6, 6.07) is 2.58. The predicted molar refractivity (Wildman–Crippen MR) is 109 cm³/mol. The molecule has 1 heterocycles. The number of amides is 3. The Bertz CT molecular complexity index is 1030. The summed E-state index contributed by atoms with van der Waals surface area (Å²) >= 11 is 0. The van der Waals surface area contributed by atoms with Gasteiger partial charge in [0, 0.05) is 23.0 Å². The fourth-order valence-corrected chi connectivity index (χ4v) is 2.87. The molecule has 0 radical (unpaired) electrons. The fraction of sp³-hybridized carbons (Fsp3) is 0.316. The van der Waals surface area contributed by atoms with E-state index in [0.717, 1.165) is 0 Å². The summed E-state index contributed by atoms with van der Waals surface area (Å²) in [7, 11) is 0. The van der Waals surface area contributed by atoms with Crippen molar-refractivity contribution in [2.75, 3.05) is 18.1 Å². The van der Waals surface area contributed by atoms with E-state index in [1.165, 1.54) is 30.7 Å². The number of carbonyl (C=O) groups excluding carboxylic acids is 2. The van der Waals surface area contributed by atoms with Crippen molar-refractivity contribution in [3.8, 4) is 16.9 Å². The summed E-state index contributed by atoms with van der Waals surface area (Å²) in [5.41, 5.74) is 16.5. The van der Waals surface area contributed by atoms with Crippen molar-refractivity contribution in [3.63, 3.8) is 0 Å². The summed E-state index contributed by atoms with van der Waals surface area (Å²) in [6.45, 7) is 2.27. The molecule has 1 aromatic heterocycles. The van der Waals surface area contributed by atoms with Gasteiger partial charge in [-0.05, 0) is 37.6 Å². The highest BCUT2D eigenvalue weighted by Crippen LogP contribution is 2.38. The molecule has 0 saturated carbocycles. The number of nitrogens with zero attached hydrogens (tertiary/aromatic N) is 1. The van der Waals surface area contributed by atoms with Gasteiger partial charge in [0.05, 0.1) is 17.4 Å². The number of hydrogen-bond donors (Lipinski definition) is 5. The maximum atomic E-state index is 12.6. The molecule has 0 saturated heterocycles. The lowest BCUT2D eigenvalue weighted by atomic mass is 10.0. The Morgan fingerprint density at radius 1 is 1.15 bits per heavy atom. The van der Waals surface area contributed by atoms with Crippen LogP contribution in [0.5, 0.6) is 5.75 Å². The van der Waals surface area contributed by atoms with Crippen LogP contribution in [0.4, 0.5) is 38.1 Å². The van der Waals surface area contributed by atoms with Gasteiger partial charge in [0.15, 0.2) is 5.75 Å². The number of aromatic nitrogens is 1. The lowest BCUT2D eigenvalue weighted by Crippen LogP contribution is -2.51. The van der Waals surface area contributed by atoms with E-state index in [4.69, 9.17) is 16.2 Å². The molecule has 33 heavy (non-hydrogen) atoms. The van der Waals surface area contributed by atoms with E-state index < -0.39 is 37.2 Å². The zero-order valence-corrected chi connectivity index (χ0v) is 17.4. The smallest absolute Gasteiger partial charge is 0.472 e. The van der Waals surface area contributed by atoms with Crippen molar-refractivity contribution in [1.82, 2.24) is 21.2 Å². The van der Waals surface area contributed by atoms with Crippen molar-refractivity contribution in [2.24, 2.45) is 0 Å². The van der Waals surface area contributed by atoms with Gasteiger partial charge < -0.3 is 21.5 Å². The standard InChI is InChI=1S/C19H21F5N6O3/c1-8-3-10(12-4-11(25)5-13(26)16(12)33-7-14(20)21)6-27-15(8)9(2)28-18(32)30-29-17(31)19(22,23)24/h3-6,9,14H,7,25-26H2,1-2H3,(H,29,31)(H2,28,30,32). The molecule has 0 spiro atoms. The third-order valence-corrected chi connectivity index (χ3v) is 4.23. The summed E-state index contributed by atoms with van der Waals surface area (Å²) in [6.07, 6.45) is -6.52. The molecule has 0 bridgehead atoms. The summed E-state index contributed by atoms with van der Waals surface area (Å²) in [4.78, 5) is 26.8. The number of alkyl halides is 5. The molecule has 0 fully saturated rings. The number of rotatable bonds is 6. The lowest BCUT2D eigenvalue weighted by Gasteiger charge is -2.19. The highest BCUT2D eigenvalue weighted by molar-refractivity contribution is 5.85. The summed E-state index contributed by atoms with van der Waals surface area (Å²) in [5, 5.41) is 2.32. The second kappa shape index (κ2) is 10.2. The number of hydrogen-bond acceptors (Lipinski definition) is 6. The number of aryl methyl sites for hydroxylation is 1. The molecule has 180 valence electrons. The first-order valence-corrected chi connectivity index (χ1v) is 9.30. The molecule has 1 aromatic carbocycles. The molecule has 14 heteroatoms. The number of anilines is 2. The number of pyridine rings is 1. The highest BCUT2D eigenvalue weighted by atomic mass is 19.4. The number of nitrogens with one attached hydrogen (secondary N) is 3. The van der Waals surface area contributed by atoms with Gasteiger partial charge in [0.2, 0.25) is 0 Å². The van der Waals surface area contributed by atoms with E-state index >= 15 is 0 Å². The van der Waals surface area contributed by atoms with Crippen LogP contribution in [0.1, 0.15) is 24.2 Å². The van der Waals surface area contributed by atoms with E-state index in [0.29, 0.717) is 22.4 Å². The Morgan fingerprint density at radius 3 is 2.39 bits per heavy atom. The van der Waals surface area contributed by atoms with Crippen molar-refractivity contribution in [1.29, 1.82) is 0 Å². The zero-order valence-electron chi connectivity index (χ0n) is 17.4. The Kier molecular flexibility index (Phi) is 7.85. The van der Waals surface area contributed by atoms with E-state index in [1.807, 2.05) is 0 Å². The van der Waals surface area contributed by atoms with Gasteiger partial charge in [-0.15, -0.1) is 0 Å². The Balaban J connectivity index is 2.20. The molecule has 1 unspecified atom stereocenters. The molecule has 0 aliphatic rings. The number of halogens is 5. The number of nitrogens with two attached hydrogens (primary N) is 2. The molecule has 3 amide bonds. The maximum Gasteiger partial charge on any atom is 0.472 e. The summed E-state index contributed by atoms with van der Waals surface area (Å²) in [5.74, 6) is -2.33. The topological polar surface area (TPSA) is 144 Å². The van der Waals surface area contributed by atoms with Gasteiger partial charge in [-0.2, -0.15) is 13.2 Å². The van der Waals surface area contributed by atoms with Crippen molar-refractivity contribution in [2.45, 2.75) is 32.5 Å². The average Bonchev–Trinajstić information content (AvgIpc) is 2.69. The van der Waals surface area contributed by atoms with E-state index in [1.54, 1.807) is 18.4 Å². The molecule has 9 nitrogen and oxygen atoms in total. The van der Waals surface area contributed by atoms with E-state index in [2.05, 4.69) is 10.3 Å². The first-order valence-electron chi connectivity index (χ1n) is 9.30. The molecule has 1 atom stereocenters. The fourth-order valence-electron chi connectivity index (χ4n) is 2.87. The van der Waals surface area contributed by atoms with Crippen molar-refractivity contribution in [3.05, 3.63) is 35.7 Å². The van der Waals surface area contributed by atoms with Crippen LogP contribution in [-0.2, 0) is 4.79 Å². The SMILES string of the molecule is Cc1cc(-c2cc(N)cc(N)c2OCC(F)F)cnc1C(C)NC(=O)NNC(=O)C(F)(F)F. The normalized spacial score (nSPS) is 12.2. The summed E-state index contributed by atoms with van der Waals surface area (Å²) < 4.78 is 66.9. The molecule has 0 aliphatic heterocycles. The molecular formula is C19H21F5N6O3. The first-order chi connectivity index (χ1) is 15.3. The van der Waals surface area contributed by atoms with Crippen LogP contribution in [0.2, 0.25) is 0 Å². The molecule has 2 rings (SSSR count). The Labute approximate surface area is 184 Å². The minimum absolute atomic E-state index is 0.00408. The van der Waals surface area contributed by atoms with Crippen LogP contribution in [-0.4, -0.2) is 36.1 Å². The number of benzene rings is 1. The Hall–Kier alpha value is -3.84. The second-order valence-electron chi connectivity index (χ2n) is 6.89. The van der Waals surface area contributed by atoms with Crippen LogP contribution in [0, 0.1) is 6.92 Å². The quantitative estimate of drug-likeness (QED) is 0.246. The third kappa shape index (κ3) is 6.82. The molecular weight excluding hydrogens is 455 g/mol. The lowest BCUT2D eigenvalue weighted by molar-refractivity contribution is -0.174. The number of carbonyl (C=O) groups is 2. The minimum atomic E-state index is -5.16. The zero-order chi connectivity index (χ0) is 24.9. The monoisotopic (exact) mass is 476 g/mol. The first kappa shape index (κ1) is 25.4. The van der Waals surface area contributed by atoms with Gasteiger partial charge in [-0.1, -0.05) is 0 Å². The second-order valence-corrected chi connectivity index (χ2v) is 6.89. The average molecular weight is 476 g/mol. The molecule has 0 aliphatic carbocycles. The predicted octanol–water partition coefficient (Wildman–Crippen LogP) is 2.82. The van der Waals surface area contributed by atoms with E-state index in [9.17, 15) is 31.5 Å². The van der Waals surface area contributed by atoms with Crippen LogP contribution in [0.3, 0.4) is 0 Å². The highest BCUT2D eigenvalue weighted by Gasteiger charge is 2.39. The largest absolute Gasteiger partial charge is 0.485 e. The van der Waals surface area contributed by atoms with Crippen LogP contribution in [0.25, 0.3) is 11.1 Å². The van der Waals surface area contributed by atoms with Gasteiger partial charge in [-0.3, -0.25) is 15.2 Å². The van der Waals surface area contributed by atoms with Crippen LogP contribution in [0.15, 0.2) is 24.4 Å². The third-order valence-electron chi connectivity index (χ3n) is 4.23. The maximum absolute atomic E-state index is 12.6. The number of nitrogen functional groups attached to an aromatic ring is 2. The van der Waals surface area contributed by atoms with Gasteiger partial charge >= 0.3 is 18.1 Å². The van der Waals surface area contributed by atoms with Gasteiger partial charge in [-0.25, -0.2) is 19.0 Å². The number of hydrazine groups is 1. The van der Waals surface area contributed by atoms with Crippen molar-refractivity contribution >= 4 is 23.3 Å². The van der Waals surface area contributed by atoms with Gasteiger partial charge in [0.25, 0.3) is 6.43 Å². The molecule has 7 N–H and O–H groups in total. The molecule has 2 aromatic rings. The van der Waals surface area contributed by atoms with Crippen LogP contribution >= 0.6 is 0 Å². The Morgan fingerprint density at radius 2 is 1.82 bits per heavy atom. The number of urea groups is 1. The van der Waals surface area contributed by atoms with Crippen LogP contribution < -0.4 is 32.4 Å².